The number of hydrogen-bond acceptors (Lipinski definition) is 12. The highest BCUT2D eigenvalue weighted by Crippen LogP contribution is 2.45. The van der Waals surface area contributed by atoms with Crippen LogP contribution in [-0.2, 0) is 50.2 Å². The molecule has 54 heavy (non-hydrogen) atoms. The van der Waals surface area contributed by atoms with E-state index in [0.29, 0.717) is 44.2 Å². The third kappa shape index (κ3) is 16.0. The van der Waals surface area contributed by atoms with Gasteiger partial charge in [0.1, 0.15) is 11.9 Å². The zero-order valence-electron chi connectivity index (χ0n) is 31.1. The highest BCUT2D eigenvalue weighted by Gasteiger charge is 2.31. The number of nitrogens with zero attached hydrogens (tertiary/aromatic N) is 1. The van der Waals surface area contributed by atoms with Crippen molar-refractivity contribution in [3.63, 3.8) is 0 Å². The van der Waals surface area contributed by atoms with Gasteiger partial charge in [-0.2, -0.15) is 0 Å². The van der Waals surface area contributed by atoms with E-state index in [9.17, 15) is 24.1 Å². The Hall–Kier alpha value is -4.91. The quantitative estimate of drug-likeness (QED) is 0.0266. The van der Waals surface area contributed by atoms with E-state index in [-0.39, 0.29) is 57.0 Å². The highest BCUT2D eigenvalue weighted by molar-refractivity contribution is 7.52. The van der Waals surface area contributed by atoms with Crippen molar-refractivity contribution < 1.29 is 52.1 Å². The summed E-state index contributed by atoms with van der Waals surface area (Å²) in [6.45, 7) is 3.93. The highest BCUT2D eigenvalue weighted by atomic mass is 31.2. The molecule has 0 saturated carbocycles. The van der Waals surface area contributed by atoms with Gasteiger partial charge in [0.05, 0.1) is 39.6 Å². The summed E-state index contributed by atoms with van der Waals surface area (Å²) in [5, 5.41) is 21.3. The van der Waals surface area contributed by atoms with Crippen molar-refractivity contribution in [2.75, 3.05) is 51.6 Å². The Bertz CT molecular complexity index is 1570. The fraction of sp³-hybridized carbons (Fsp3) is 0.436. The molecule has 3 aromatic carbocycles. The van der Waals surface area contributed by atoms with Crippen molar-refractivity contribution in [2.24, 2.45) is 5.92 Å². The van der Waals surface area contributed by atoms with Gasteiger partial charge in [0.25, 0.3) is 0 Å². The molecular weight excluding hydrogens is 717 g/mol. The maximum Gasteiger partial charge on any atom is 0.508 e. The van der Waals surface area contributed by atoms with Crippen LogP contribution >= 0.6 is 7.75 Å². The predicted molar refractivity (Wildman–Crippen MR) is 204 cm³/mol. The van der Waals surface area contributed by atoms with E-state index >= 15 is 0 Å². The topological polar surface area (TPSA) is 183 Å². The molecule has 294 valence electrons. The van der Waals surface area contributed by atoms with Gasteiger partial charge in [0, 0.05) is 31.1 Å². The first-order chi connectivity index (χ1) is 26.0. The van der Waals surface area contributed by atoms with Crippen molar-refractivity contribution in [1.82, 2.24) is 5.09 Å². The molecule has 0 aromatic heterocycles. The van der Waals surface area contributed by atoms with Gasteiger partial charge in [-0.05, 0) is 54.9 Å². The number of amidine groups is 1. The second-order valence-corrected chi connectivity index (χ2v) is 14.3. The number of carbonyl (C=O) groups is 3. The molecule has 0 aliphatic heterocycles. The zero-order chi connectivity index (χ0) is 39.2. The van der Waals surface area contributed by atoms with Crippen molar-refractivity contribution in [3.05, 3.63) is 102 Å². The van der Waals surface area contributed by atoms with Crippen LogP contribution in [0.1, 0.15) is 56.2 Å². The minimum Gasteiger partial charge on any atom is -0.480 e. The van der Waals surface area contributed by atoms with E-state index in [1.165, 1.54) is 0 Å². The number of carbonyl (C=O) groups excluding carboxylic acids is 2. The van der Waals surface area contributed by atoms with Gasteiger partial charge in [-0.15, -0.1) is 0 Å². The maximum atomic E-state index is 14.0. The van der Waals surface area contributed by atoms with Crippen LogP contribution in [0.15, 0.2) is 84.9 Å². The molecule has 3 N–H and O–H groups in total. The summed E-state index contributed by atoms with van der Waals surface area (Å²) in [6.07, 6.45) is 0.996. The lowest BCUT2D eigenvalue weighted by molar-refractivity contribution is -0.139. The van der Waals surface area contributed by atoms with Crippen LogP contribution in [0.3, 0.4) is 0 Å². The average molecular weight is 770 g/mol. The molecule has 0 aliphatic carbocycles. The van der Waals surface area contributed by atoms with Crippen molar-refractivity contribution >= 4 is 37.5 Å². The lowest BCUT2D eigenvalue weighted by atomic mass is 10.0. The Labute approximate surface area is 317 Å². The molecule has 1 unspecified atom stereocenters. The number of para-hydroxylation sites is 1. The molecule has 15 heteroatoms. The summed E-state index contributed by atoms with van der Waals surface area (Å²) >= 11 is 0. The monoisotopic (exact) mass is 769 g/mol. The van der Waals surface area contributed by atoms with Crippen LogP contribution in [0.4, 0.5) is 15.3 Å². The number of nitrogens with one attached hydrogen (secondary N) is 2. The third-order valence-electron chi connectivity index (χ3n) is 8.05. The number of carboxylic acids is 1. The number of rotatable bonds is 24. The number of ether oxygens (including phenoxy) is 4. The van der Waals surface area contributed by atoms with E-state index in [4.69, 9.17) is 33.4 Å². The molecule has 1 atom stereocenters. The summed E-state index contributed by atoms with van der Waals surface area (Å²) in [5.74, 6) is -1.56. The van der Waals surface area contributed by atoms with Crippen molar-refractivity contribution in [3.8, 4) is 0 Å². The van der Waals surface area contributed by atoms with Crippen molar-refractivity contribution in [1.29, 1.82) is 5.41 Å². The number of hydrogen-bond donors (Lipinski definition) is 3. The van der Waals surface area contributed by atoms with Gasteiger partial charge in [0.15, 0.2) is 0 Å². The van der Waals surface area contributed by atoms with Gasteiger partial charge in [0.2, 0.25) is 0 Å². The number of benzene rings is 3. The Morgan fingerprint density at radius 1 is 0.685 bits per heavy atom. The van der Waals surface area contributed by atoms with Crippen molar-refractivity contribution in [2.45, 2.75) is 58.4 Å². The smallest absolute Gasteiger partial charge is 0.480 e. The van der Waals surface area contributed by atoms with E-state index in [1.54, 1.807) is 50.1 Å². The fourth-order valence-electron chi connectivity index (χ4n) is 5.31. The molecule has 0 spiro atoms. The number of aliphatic carboxylic acids is 1. The number of likely N-dealkylation sites (N-methyl/N-ethyl adjacent to an activating group) is 1. The Balaban J connectivity index is 1.51. The lowest BCUT2D eigenvalue weighted by Crippen LogP contribution is -2.43. The molecule has 0 amide bonds. The van der Waals surface area contributed by atoms with E-state index in [1.807, 2.05) is 60.7 Å². The van der Waals surface area contributed by atoms with Gasteiger partial charge < -0.3 is 29.0 Å². The van der Waals surface area contributed by atoms with Crippen LogP contribution in [0.2, 0.25) is 0 Å². The van der Waals surface area contributed by atoms with Gasteiger partial charge in [-0.25, -0.2) is 18.9 Å². The average Bonchev–Trinajstić information content (AvgIpc) is 3.15. The summed E-state index contributed by atoms with van der Waals surface area (Å²) in [6, 6.07) is 25.0. The predicted octanol–water partition coefficient (Wildman–Crippen LogP) is 7.64. The van der Waals surface area contributed by atoms with Gasteiger partial charge >= 0.3 is 26.0 Å². The standard InChI is InChI=1S/C39H52N3O11P/c1-30(2)35(37(43)44)42(3)34-21-11-10-20-33(34)36(40)41-54(47,52-26-14-12-24-48-38(45)50-28-22-31-16-6-4-7-17-31)53-27-15-13-25-49-39(46)51-29-23-32-18-8-5-9-19-32/h4-11,16-21,30,35H,12-15,22-29H2,1-3H3,(H,43,44)(H2,40,41,47). The summed E-state index contributed by atoms with van der Waals surface area (Å²) in [4.78, 5) is 37.5. The fourth-order valence-corrected chi connectivity index (χ4v) is 6.64. The molecule has 0 saturated heterocycles. The molecular formula is C39H52N3O11P. The SMILES string of the molecule is CC(C)C(C(=O)O)N(C)c1ccccc1C(=N)NP(=O)(OCCCCOC(=O)OCCc1ccccc1)OCCCCOC(=O)OCCc1ccccc1. The molecule has 3 aromatic rings. The molecule has 0 heterocycles. The van der Waals surface area contributed by atoms with Crippen LogP contribution in [0.25, 0.3) is 0 Å². The first kappa shape index (κ1) is 43.5. The Kier molecular flexibility index (Phi) is 19.1. The van der Waals surface area contributed by atoms with E-state index in [2.05, 4.69) is 5.09 Å². The minimum atomic E-state index is -4.15. The Morgan fingerprint density at radius 3 is 1.57 bits per heavy atom. The van der Waals surface area contributed by atoms with Crippen LogP contribution in [0, 0.1) is 11.3 Å². The number of carboxylic acid groups (broad SMARTS) is 1. The lowest BCUT2D eigenvalue weighted by Gasteiger charge is -2.31. The molecule has 0 radical (unpaired) electrons. The second kappa shape index (κ2) is 23.7. The second-order valence-electron chi connectivity index (χ2n) is 12.6. The first-order valence-corrected chi connectivity index (χ1v) is 19.5. The van der Waals surface area contributed by atoms with Crippen LogP contribution < -0.4 is 9.99 Å². The van der Waals surface area contributed by atoms with E-state index < -0.39 is 32.1 Å². The minimum absolute atomic E-state index is 0.0525. The Morgan fingerprint density at radius 2 is 1.11 bits per heavy atom. The van der Waals surface area contributed by atoms with Crippen LogP contribution in [-0.4, -0.2) is 82.0 Å². The molecule has 0 fully saturated rings. The summed E-state index contributed by atoms with van der Waals surface area (Å²) in [7, 11) is -2.53. The molecule has 14 nitrogen and oxygen atoms in total. The summed E-state index contributed by atoms with van der Waals surface area (Å²) < 4.78 is 45.8. The van der Waals surface area contributed by atoms with Gasteiger partial charge in [-0.3, -0.25) is 19.5 Å². The molecule has 3 rings (SSSR count). The normalized spacial score (nSPS) is 11.7. The first-order valence-electron chi connectivity index (χ1n) is 18.0. The summed E-state index contributed by atoms with van der Waals surface area (Å²) in [5.41, 5.74) is 2.80. The van der Waals surface area contributed by atoms with Crippen LogP contribution in [0.5, 0.6) is 0 Å². The number of anilines is 1. The molecule has 0 aliphatic rings. The molecule has 0 bridgehead atoms. The largest absolute Gasteiger partial charge is 0.508 e. The third-order valence-corrected chi connectivity index (χ3v) is 9.59. The van der Waals surface area contributed by atoms with E-state index in [0.717, 1.165) is 11.1 Å². The number of unbranched alkanes of at least 4 members (excludes halogenated alkanes) is 2. The van der Waals surface area contributed by atoms with Gasteiger partial charge in [-0.1, -0.05) is 86.6 Å². The zero-order valence-corrected chi connectivity index (χ0v) is 32.0. The maximum absolute atomic E-state index is 14.0.